The standard InChI is InChI=1S/C18H14Cl2N2O2S2/c19-15-16-13(26-17(15)20)7-12(21-16)18(24)22-11-5-8-3-1-2-4-9(8)10(11)6-14(23)25/h1-4,7,10-11,21H,5-6H2,(H,22,24)(H,23,25)/t10-,11-/m1/s1. The Morgan fingerprint density at radius 3 is 2.81 bits per heavy atom. The largest absolute Gasteiger partial charge is 0.349 e. The van der Waals surface area contributed by atoms with Gasteiger partial charge in [-0.15, -0.1) is 24.0 Å². The first-order valence-electron chi connectivity index (χ1n) is 8.01. The van der Waals surface area contributed by atoms with Gasteiger partial charge in [0.05, 0.1) is 15.2 Å². The molecule has 0 saturated heterocycles. The average molecular weight is 425 g/mol. The fourth-order valence-electron chi connectivity index (χ4n) is 3.56. The summed E-state index contributed by atoms with van der Waals surface area (Å²) in [5, 5.41) is 3.30. The summed E-state index contributed by atoms with van der Waals surface area (Å²) in [4.78, 5) is 27.3. The zero-order valence-electron chi connectivity index (χ0n) is 13.4. The van der Waals surface area contributed by atoms with Crippen LogP contribution >= 0.6 is 47.2 Å². The van der Waals surface area contributed by atoms with Crippen molar-refractivity contribution in [3.05, 3.63) is 56.5 Å². The summed E-state index contributed by atoms with van der Waals surface area (Å²) >= 11 is 17.4. The number of H-pyrrole nitrogens is 1. The molecule has 0 spiro atoms. The quantitative estimate of drug-likeness (QED) is 0.525. The summed E-state index contributed by atoms with van der Waals surface area (Å²) in [6.07, 6.45) is 0.974. The van der Waals surface area contributed by atoms with Crippen molar-refractivity contribution in [2.24, 2.45) is 0 Å². The van der Waals surface area contributed by atoms with E-state index in [-0.39, 0.29) is 29.4 Å². The van der Waals surface area contributed by atoms with Crippen molar-refractivity contribution in [1.29, 1.82) is 0 Å². The molecule has 3 aromatic rings. The second-order valence-corrected chi connectivity index (χ2v) is 8.83. The van der Waals surface area contributed by atoms with Gasteiger partial charge in [0, 0.05) is 18.4 Å². The minimum atomic E-state index is -0.227. The van der Waals surface area contributed by atoms with Gasteiger partial charge in [-0.25, -0.2) is 0 Å². The van der Waals surface area contributed by atoms with Crippen LogP contribution < -0.4 is 5.32 Å². The van der Waals surface area contributed by atoms with Gasteiger partial charge in [0.1, 0.15) is 10.0 Å². The first-order valence-corrected chi connectivity index (χ1v) is 10.0. The Labute approximate surface area is 169 Å². The molecule has 1 aliphatic rings. The highest BCUT2D eigenvalue weighted by Gasteiger charge is 2.34. The molecule has 4 nitrogen and oxygen atoms in total. The lowest BCUT2D eigenvalue weighted by Crippen LogP contribution is -2.38. The lowest BCUT2D eigenvalue weighted by molar-refractivity contribution is -0.111. The number of carbonyl (C=O) groups is 2. The molecule has 0 unspecified atom stereocenters. The molecule has 2 N–H and O–H groups in total. The molecule has 134 valence electrons. The Morgan fingerprint density at radius 1 is 1.31 bits per heavy atom. The number of amides is 1. The molecule has 2 atom stereocenters. The van der Waals surface area contributed by atoms with E-state index in [1.807, 2.05) is 24.3 Å². The molecule has 0 saturated carbocycles. The van der Waals surface area contributed by atoms with E-state index in [9.17, 15) is 9.59 Å². The molecule has 0 fully saturated rings. The first kappa shape index (κ1) is 17.9. The van der Waals surface area contributed by atoms with E-state index < -0.39 is 0 Å². The number of nitrogens with one attached hydrogen (secondary N) is 2. The van der Waals surface area contributed by atoms with Gasteiger partial charge in [0.15, 0.2) is 5.12 Å². The molecule has 0 aliphatic heterocycles. The van der Waals surface area contributed by atoms with E-state index in [0.717, 1.165) is 15.8 Å². The summed E-state index contributed by atoms with van der Waals surface area (Å²) < 4.78 is 1.33. The van der Waals surface area contributed by atoms with Crippen LogP contribution in [-0.4, -0.2) is 22.0 Å². The summed E-state index contributed by atoms with van der Waals surface area (Å²) in [7, 11) is 0. The highest BCUT2D eigenvalue weighted by Crippen LogP contribution is 2.39. The normalized spacial score (nSPS) is 18.9. The topological polar surface area (TPSA) is 62.0 Å². The third-order valence-electron chi connectivity index (χ3n) is 4.71. The Kier molecular flexibility index (Phi) is 4.77. The third-order valence-corrected chi connectivity index (χ3v) is 6.82. The van der Waals surface area contributed by atoms with Crippen molar-refractivity contribution in [3.63, 3.8) is 0 Å². The van der Waals surface area contributed by atoms with Crippen LogP contribution in [0.1, 0.15) is 34.0 Å². The van der Waals surface area contributed by atoms with Gasteiger partial charge in [0.25, 0.3) is 5.91 Å². The van der Waals surface area contributed by atoms with E-state index in [4.69, 9.17) is 23.2 Å². The molecule has 1 amide bonds. The minimum Gasteiger partial charge on any atom is -0.349 e. The van der Waals surface area contributed by atoms with E-state index in [1.165, 1.54) is 11.3 Å². The fraction of sp³-hybridized carbons (Fsp3) is 0.222. The van der Waals surface area contributed by atoms with Crippen molar-refractivity contribution >= 4 is 68.4 Å². The van der Waals surface area contributed by atoms with Gasteiger partial charge in [-0.05, 0) is 23.6 Å². The number of hydrogen-bond acceptors (Lipinski definition) is 3. The second-order valence-electron chi connectivity index (χ2n) is 6.30. The van der Waals surface area contributed by atoms with Crippen LogP contribution in [0.4, 0.5) is 0 Å². The van der Waals surface area contributed by atoms with Gasteiger partial charge in [0.2, 0.25) is 0 Å². The van der Waals surface area contributed by atoms with Crippen molar-refractivity contribution in [2.45, 2.75) is 24.8 Å². The maximum Gasteiger partial charge on any atom is 0.268 e. The molecule has 2 aromatic heterocycles. The van der Waals surface area contributed by atoms with Crippen molar-refractivity contribution in [1.82, 2.24) is 10.3 Å². The number of carbonyl (C=O) groups excluding carboxylic acids is 2. The van der Waals surface area contributed by atoms with Crippen LogP contribution in [0.3, 0.4) is 0 Å². The van der Waals surface area contributed by atoms with E-state index in [1.54, 1.807) is 6.07 Å². The van der Waals surface area contributed by atoms with E-state index >= 15 is 0 Å². The zero-order chi connectivity index (χ0) is 18.4. The van der Waals surface area contributed by atoms with Crippen molar-refractivity contribution < 1.29 is 9.59 Å². The first-order chi connectivity index (χ1) is 12.4. The molecule has 26 heavy (non-hydrogen) atoms. The number of halogens is 2. The number of aromatic amines is 1. The van der Waals surface area contributed by atoms with Crippen molar-refractivity contribution in [3.8, 4) is 0 Å². The van der Waals surface area contributed by atoms with Crippen LogP contribution in [0.25, 0.3) is 10.2 Å². The number of fused-ring (bicyclic) bond motifs is 2. The molecule has 2 heterocycles. The predicted octanol–water partition coefficient (Wildman–Crippen LogP) is 4.82. The number of rotatable bonds is 4. The maximum absolute atomic E-state index is 12.7. The number of hydrogen-bond donors (Lipinski definition) is 3. The molecule has 8 heteroatoms. The number of benzene rings is 1. The van der Waals surface area contributed by atoms with E-state index in [0.29, 0.717) is 27.0 Å². The van der Waals surface area contributed by atoms with Crippen LogP contribution in [0.5, 0.6) is 0 Å². The second kappa shape index (κ2) is 6.93. The Hall–Kier alpha value is -1.47. The van der Waals surface area contributed by atoms with Gasteiger partial charge in [-0.2, -0.15) is 0 Å². The van der Waals surface area contributed by atoms with Crippen LogP contribution in [0.15, 0.2) is 30.3 Å². The van der Waals surface area contributed by atoms with Crippen LogP contribution in [-0.2, 0) is 11.2 Å². The van der Waals surface area contributed by atoms with Gasteiger partial charge in [-0.1, -0.05) is 47.5 Å². The lowest BCUT2D eigenvalue weighted by atomic mass is 9.95. The summed E-state index contributed by atoms with van der Waals surface area (Å²) in [5.41, 5.74) is 3.35. The summed E-state index contributed by atoms with van der Waals surface area (Å²) in [6.45, 7) is 0. The summed E-state index contributed by atoms with van der Waals surface area (Å²) in [6, 6.07) is 9.54. The monoisotopic (exact) mass is 424 g/mol. The predicted molar refractivity (Wildman–Crippen MR) is 109 cm³/mol. The molecular formula is C18H14Cl2N2O2S2. The lowest BCUT2D eigenvalue weighted by Gasteiger charge is -2.20. The van der Waals surface area contributed by atoms with Crippen LogP contribution in [0.2, 0.25) is 9.36 Å². The number of thiophene rings is 1. The molecular weight excluding hydrogens is 411 g/mol. The Balaban J connectivity index is 1.58. The molecule has 0 radical (unpaired) electrons. The average Bonchev–Trinajstić information content (AvgIpc) is 3.23. The van der Waals surface area contributed by atoms with Gasteiger partial charge in [-0.3, -0.25) is 9.59 Å². The van der Waals surface area contributed by atoms with Gasteiger partial charge < -0.3 is 10.3 Å². The van der Waals surface area contributed by atoms with E-state index in [2.05, 4.69) is 22.9 Å². The highest BCUT2D eigenvalue weighted by molar-refractivity contribution is 7.96. The summed E-state index contributed by atoms with van der Waals surface area (Å²) in [5.74, 6) is -0.302. The highest BCUT2D eigenvalue weighted by atomic mass is 35.5. The van der Waals surface area contributed by atoms with Crippen molar-refractivity contribution in [2.75, 3.05) is 0 Å². The third kappa shape index (κ3) is 3.16. The number of aromatic nitrogens is 1. The maximum atomic E-state index is 12.7. The van der Waals surface area contributed by atoms with Crippen LogP contribution in [0, 0.1) is 0 Å². The zero-order valence-corrected chi connectivity index (χ0v) is 16.6. The Bertz CT molecular complexity index is 1030. The molecule has 1 aliphatic carbocycles. The molecule has 4 rings (SSSR count). The minimum absolute atomic E-state index is 0.0748. The SMILES string of the molecule is O=C(S)C[C@@H]1c2ccccc2C[C@H]1NC(=O)c1cc2sc(Cl)c(Cl)c2[nH]1. The molecule has 0 bridgehead atoms. The van der Waals surface area contributed by atoms with Gasteiger partial charge >= 0.3 is 0 Å². The number of thiol groups is 1. The fourth-order valence-corrected chi connectivity index (χ4v) is 5.23. The smallest absolute Gasteiger partial charge is 0.268 e. The molecule has 1 aromatic carbocycles. The Morgan fingerprint density at radius 2 is 2.08 bits per heavy atom.